The van der Waals surface area contributed by atoms with E-state index in [4.69, 9.17) is 15.7 Å². The van der Waals surface area contributed by atoms with E-state index in [1.165, 1.54) is 0 Å². The van der Waals surface area contributed by atoms with E-state index in [0.717, 1.165) is 30.2 Å². The Labute approximate surface area is 106 Å². The molecule has 1 atom stereocenters. The molecule has 1 unspecified atom stereocenters. The molecule has 2 rings (SSSR count). The van der Waals surface area contributed by atoms with Crippen molar-refractivity contribution in [3.63, 3.8) is 0 Å². The van der Waals surface area contributed by atoms with Crippen molar-refractivity contribution >= 4 is 11.6 Å². The van der Waals surface area contributed by atoms with Crippen LogP contribution in [0, 0.1) is 18.3 Å². The Morgan fingerprint density at radius 3 is 3.00 bits per heavy atom. The lowest BCUT2D eigenvalue weighted by Crippen LogP contribution is -2.42. The van der Waals surface area contributed by atoms with Crippen molar-refractivity contribution < 1.29 is 4.74 Å². The molecule has 1 saturated heterocycles. The maximum Gasteiger partial charge on any atom is 0.161 e. The predicted molar refractivity (Wildman–Crippen MR) is 68.1 cm³/mol. The van der Waals surface area contributed by atoms with E-state index < -0.39 is 6.10 Å². The van der Waals surface area contributed by atoms with E-state index in [2.05, 4.69) is 16.0 Å². The van der Waals surface area contributed by atoms with Gasteiger partial charge in [-0.3, -0.25) is 0 Å². The molecule has 0 spiro atoms. The van der Waals surface area contributed by atoms with Gasteiger partial charge in [-0.1, -0.05) is 6.92 Å². The van der Waals surface area contributed by atoms with E-state index in [1.54, 1.807) is 0 Å². The Hall–Kier alpha value is -1.87. The van der Waals surface area contributed by atoms with E-state index >= 15 is 0 Å². The second-order valence-corrected chi connectivity index (χ2v) is 4.26. The largest absolute Gasteiger partial charge is 0.383 e. The molecular formula is C12H17N5O. The summed E-state index contributed by atoms with van der Waals surface area (Å²) in [4.78, 5) is 10.8. The number of hydrogen-bond acceptors (Lipinski definition) is 6. The summed E-state index contributed by atoms with van der Waals surface area (Å²) in [6, 6.07) is 2.13. The normalized spacial score (nSPS) is 19.6. The van der Waals surface area contributed by atoms with Crippen molar-refractivity contribution in [3.05, 3.63) is 11.4 Å². The third-order valence-electron chi connectivity index (χ3n) is 3.03. The van der Waals surface area contributed by atoms with Crippen LogP contribution in [0.3, 0.4) is 0 Å². The molecule has 1 aliphatic rings. The van der Waals surface area contributed by atoms with Crippen LogP contribution in [0.25, 0.3) is 0 Å². The van der Waals surface area contributed by atoms with Crippen molar-refractivity contribution in [2.75, 3.05) is 30.3 Å². The van der Waals surface area contributed by atoms with Crippen LogP contribution in [-0.2, 0) is 11.2 Å². The SMILES string of the molecule is CCc1nc(N)c(C)c(N2CCOC(C#N)C2)n1. The van der Waals surface area contributed by atoms with Crippen LogP contribution in [-0.4, -0.2) is 35.8 Å². The molecule has 1 aromatic rings. The fourth-order valence-corrected chi connectivity index (χ4v) is 1.95. The molecule has 96 valence electrons. The third kappa shape index (κ3) is 2.36. The van der Waals surface area contributed by atoms with Gasteiger partial charge in [-0.2, -0.15) is 5.26 Å². The lowest BCUT2D eigenvalue weighted by atomic mass is 10.2. The summed E-state index contributed by atoms with van der Waals surface area (Å²) < 4.78 is 5.33. The molecule has 6 heteroatoms. The van der Waals surface area contributed by atoms with Gasteiger partial charge < -0.3 is 15.4 Å². The van der Waals surface area contributed by atoms with Gasteiger partial charge in [-0.25, -0.2) is 9.97 Å². The molecule has 0 aromatic carbocycles. The van der Waals surface area contributed by atoms with E-state index in [0.29, 0.717) is 19.0 Å². The first-order valence-electron chi connectivity index (χ1n) is 6.04. The molecule has 6 nitrogen and oxygen atoms in total. The lowest BCUT2D eigenvalue weighted by molar-refractivity contribution is 0.0761. The Bertz CT molecular complexity index is 482. The second-order valence-electron chi connectivity index (χ2n) is 4.26. The van der Waals surface area contributed by atoms with Gasteiger partial charge in [0.25, 0.3) is 0 Å². The predicted octanol–water partition coefficient (Wildman–Crippen LogP) is 0.658. The zero-order valence-corrected chi connectivity index (χ0v) is 10.7. The van der Waals surface area contributed by atoms with Gasteiger partial charge >= 0.3 is 0 Å². The molecular weight excluding hydrogens is 230 g/mol. The number of hydrogen-bond donors (Lipinski definition) is 1. The highest BCUT2D eigenvalue weighted by atomic mass is 16.5. The number of anilines is 2. The summed E-state index contributed by atoms with van der Waals surface area (Å²) in [6.45, 7) is 5.67. The average Bonchev–Trinajstić information content (AvgIpc) is 2.41. The van der Waals surface area contributed by atoms with Crippen molar-refractivity contribution in [1.82, 2.24) is 9.97 Å². The Morgan fingerprint density at radius 1 is 1.56 bits per heavy atom. The number of nitrogens with two attached hydrogens (primary N) is 1. The summed E-state index contributed by atoms with van der Waals surface area (Å²) >= 11 is 0. The summed E-state index contributed by atoms with van der Waals surface area (Å²) in [5, 5.41) is 8.92. The zero-order chi connectivity index (χ0) is 13.1. The topological polar surface area (TPSA) is 88.1 Å². The lowest BCUT2D eigenvalue weighted by Gasteiger charge is -2.31. The summed E-state index contributed by atoms with van der Waals surface area (Å²) in [5.74, 6) is 2.06. The first kappa shape index (κ1) is 12.6. The van der Waals surface area contributed by atoms with Gasteiger partial charge in [0, 0.05) is 18.5 Å². The maximum absolute atomic E-state index is 8.92. The third-order valence-corrected chi connectivity index (χ3v) is 3.03. The highest BCUT2D eigenvalue weighted by Gasteiger charge is 2.23. The van der Waals surface area contributed by atoms with Crippen LogP contribution in [0.2, 0.25) is 0 Å². The molecule has 18 heavy (non-hydrogen) atoms. The van der Waals surface area contributed by atoms with Crippen LogP contribution in [0.4, 0.5) is 11.6 Å². The van der Waals surface area contributed by atoms with Gasteiger partial charge in [0.15, 0.2) is 6.10 Å². The molecule has 1 fully saturated rings. The number of nitrogen functional groups attached to an aromatic ring is 1. The Balaban J connectivity index is 2.32. The minimum absolute atomic E-state index is 0.403. The smallest absolute Gasteiger partial charge is 0.161 e. The fraction of sp³-hybridized carbons (Fsp3) is 0.583. The number of ether oxygens (including phenoxy) is 1. The molecule has 2 N–H and O–H groups in total. The summed E-state index contributed by atoms with van der Waals surface area (Å²) in [7, 11) is 0. The second kappa shape index (κ2) is 5.19. The van der Waals surface area contributed by atoms with Crippen LogP contribution >= 0.6 is 0 Å². The molecule has 2 heterocycles. The number of nitrogens with zero attached hydrogens (tertiary/aromatic N) is 4. The zero-order valence-electron chi connectivity index (χ0n) is 10.7. The number of aromatic nitrogens is 2. The molecule has 0 radical (unpaired) electrons. The minimum Gasteiger partial charge on any atom is -0.383 e. The van der Waals surface area contributed by atoms with Crippen LogP contribution < -0.4 is 10.6 Å². The highest BCUT2D eigenvalue weighted by molar-refractivity contribution is 5.56. The molecule has 0 aliphatic carbocycles. The highest BCUT2D eigenvalue weighted by Crippen LogP contribution is 2.23. The van der Waals surface area contributed by atoms with Gasteiger partial charge in [0.05, 0.1) is 19.2 Å². The van der Waals surface area contributed by atoms with Gasteiger partial charge in [0.2, 0.25) is 0 Å². The standard InChI is InChI=1S/C12H17N5O/c1-3-10-15-11(14)8(2)12(16-10)17-4-5-18-9(6-13)7-17/h9H,3-5,7H2,1-2H3,(H2,14,15,16). The number of nitriles is 1. The van der Waals surface area contributed by atoms with Crippen molar-refractivity contribution in [2.45, 2.75) is 26.4 Å². The quantitative estimate of drug-likeness (QED) is 0.825. The first-order chi connectivity index (χ1) is 8.65. The van der Waals surface area contributed by atoms with Crippen LogP contribution in [0.5, 0.6) is 0 Å². The maximum atomic E-state index is 8.92. The average molecular weight is 247 g/mol. The summed E-state index contributed by atoms with van der Waals surface area (Å²) in [5.41, 5.74) is 6.76. The van der Waals surface area contributed by atoms with Crippen molar-refractivity contribution in [1.29, 1.82) is 5.26 Å². The van der Waals surface area contributed by atoms with E-state index in [9.17, 15) is 0 Å². The van der Waals surface area contributed by atoms with Crippen molar-refractivity contribution in [3.8, 4) is 6.07 Å². The van der Waals surface area contributed by atoms with Crippen molar-refractivity contribution in [2.24, 2.45) is 0 Å². The fourth-order valence-electron chi connectivity index (χ4n) is 1.95. The minimum atomic E-state index is -0.403. The van der Waals surface area contributed by atoms with E-state index in [1.807, 2.05) is 18.7 Å². The molecule has 0 saturated carbocycles. The van der Waals surface area contributed by atoms with Crippen LogP contribution in [0.15, 0.2) is 0 Å². The molecule has 0 amide bonds. The molecule has 1 aliphatic heterocycles. The first-order valence-corrected chi connectivity index (χ1v) is 6.04. The van der Waals surface area contributed by atoms with Gasteiger partial charge in [-0.15, -0.1) is 0 Å². The Morgan fingerprint density at radius 2 is 2.33 bits per heavy atom. The Kier molecular flexibility index (Phi) is 3.63. The van der Waals surface area contributed by atoms with Gasteiger partial charge in [0.1, 0.15) is 17.5 Å². The van der Waals surface area contributed by atoms with Crippen LogP contribution in [0.1, 0.15) is 18.3 Å². The number of morpholine rings is 1. The number of rotatable bonds is 2. The van der Waals surface area contributed by atoms with Gasteiger partial charge in [-0.05, 0) is 6.92 Å². The number of aryl methyl sites for hydroxylation is 1. The summed E-state index contributed by atoms with van der Waals surface area (Å²) in [6.07, 6.45) is 0.336. The monoisotopic (exact) mass is 247 g/mol. The van der Waals surface area contributed by atoms with E-state index in [-0.39, 0.29) is 0 Å². The molecule has 1 aromatic heterocycles. The molecule has 0 bridgehead atoms.